The molecule has 232 valence electrons. The van der Waals surface area contributed by atoms with Crippen LogP contribution in [0.25, 0.3) is 0 Å². The lowest BCUT2D eigenvalue weighted by Crippen LogP contribution is -2.40. The van der Waals surface area contributed by atoms with Gasteiger partial charge in [0.2, 0.25) is 11.8 Å². The van der Waals surface area contributed by atoms with Crippen LogP contribution in [0, 0.1) is 17.8 Å². The number of hydrogen-bond donors (Lipinski definition) is 1. The molecule has 10 heteroatoms. The molecule has 4 unspecified atom stereocenters. The minimum Gasteiger partial charge on any atom is -0.507 e. The number of ketones is 2. The van der Waals surface area contributed by atoms with Gasteiger partial charge in [0.25, 0.3) is 0 Å². The van der Waals surface area contributed by atoms with E-state index in [1.54, 1.807) is 25.1 Å². The molecule has 10 nitrogen and oxygen atoms in total. The fraction of sp³-hybridized carbons (Fsp3) is 0.371. The summed E-state index contributed by atoms with van der Waals surface area (Å²) in [5, 5.41) is 11.3. The standard InChI is InChI=1S/C35H34N2O8/c1-18-14-26(38)25-17-24-22(30(31(25)33(18)40)32-27(39)15-21(43-2)16-28(32)44-3)8-9-23-29(24)35(42)37(34(23)41)20-6-4-19(5-7-20)36-10-12-45-13-11-36/h4-8,14-16,23-24,29-30,39H,9-13,17H2,1-3H3. The van der Waals surface area contributed by atoms with Gasteiger partial charge in [0.15, 0.2) is 11.6 Å². The molecule has 0 aromatic heterocycles. The number of ether oxygens (including phenoxy) is 3. The number of anilines is 2. The number of amides is 2. The summed E-state index contributed by atoms with van der Waals surface area (Å²) >= 11 is 0. The summed E-state index contributed by atoms with van der Waals surface area (Å²) in [7, 11) is 2.93. The number of morpholine rings is 1. The van der Waals surface area contributed by atoms with Crippen molar-refractivity contribution in [2.75, 3.05) is 50.3 Å². The maximum atomic E-state index is 14.2. The Hall–Kier alpha value is -4.70. The summed E-state index contributed by atoms with van der Waals surface area (Å²) < 4.78 is 16.5. The molecule has 0 bridgehead atoms. The predicted octanol–water partition coefficient (Wildman–Crippen LogP) is 3.88. The highest BCUT2D eigenvalue weighted by Gasteiger charge is 2.57. The van der Waals surface area contributed by atoms with Crippen LogP contribution in [0.4, 0.5) is 11.4 Å². The van der Waals surface area contributed by atoms with E-state index in [0.717, 1.165) is 24.4 Å². The van der Waals surface area contributed by atoms with E-state index in [4.69, 9.17) is 14.2 Å². The molecule has 5 aliphatic rings. The summed E-state index contributed by atoms with van der Waals surface area (Å²) in [6.07, 6.45) is 3.70. The first-order valence-corrected chi connectivity index (χ1v) is 15.2. The molecule has 2 aromatic carbocycles. The lowest BCUT2D eigenvalue weighted by Gasteiger charge is -2.42. The highest BCUT2D eigenvalue weighted by molar-refractivity contribution is 6.25. The Bertz CT molecular complexity index is 1730. The number of carbonyl (C=O) groups is 4. The van der Waals surface area contributed by atoms with Crippen molar-refractivity contribution in [3.63, 3.8) is 0 Å². The van der Waals surface area contributed by atoms with Gasteiger partial charge in [-0.2, -0.15) is 0 Å². The number of aromatic hydroxyl groups is 1. The van der Waals surface area contributed by atoms with Crippen LogP contribution in [-0.2, 0) is 23.9 Å². The molecule has 2 aromatic rings. The van der Waals surface area contributed by atoms with Crippen molar-refractivity contribution in [1.82, 2.24) is 0 Å². The Balaban J connectivity index is 1.30. The first-order valence-electron chi connectivity index (χ1n) is 15.2. The number of phenolic OH excluding ortho intramolecular Hbond substituents is 1. The molecule has 2 heterocycles. The number of nitrogens with zero attached hydrogens (tertiary/aromatic N) is 2. The van der Waals surface area contributed by atoms with Gasteiger partial charge in [0.05, 0.1) is 45.0 Å². The summed E-state index contributed by atoms with van der Waals surface area (Å²) in [4.78, 5) is 58.8. The molecule has 0 radical (unpaired) electrons. The number of phenols is 1. The summed E-state index contributed by atoms with van der Waals surface area (Å²) in [6, 6.07) is 10.5. The van der Waals surface area contributed by atoms with E-state index in [0.29, 0.717) is 47.8 Å². The van der Waals surface area contributed by atoms with Gasteiger partial charge < -0.3 is 24.2 Å². The van der Waals surface area contributed by atoms with Crippen molar-refractivity contribution < 1.29 is 38.5 Å². The fourth-order valence-electron chi connectivity index (χ4n) is 7.75. The van der Waals surface area contributed by atoms with E-state index in [1.165, 1.54) is 31.3 Å². The summed E-state index contributed by atoms with van der Waals surface area (Å²) in [5.74, 6) is -3.40. The Kier molecular flexibility index (Phi) is 7.12. The third-order valence-electron chi connectivity index (χ3n) is 9.89. The van der Waals surface area contributed by atoms with Crippen LogP contribution in [-0.4, -0.2) is 69.0 Å². The molecule has 2 fully saturated rings. The molecule has 2 amide bonds. The molecule has 3 aliphatic carbocycles. The van der Waals surface area contributed by atoms with Crippen LogP contribution in [0.15, 0.2) is 70.8 Å². The number of methoxy groups -OCH3 is 2. The number of hydrogen-bond acceptors (Lipinski definition) is 9. The van der Waals surface area contributed by atoms with Crippen molar-refractivity contribution >= 4 is 34.8 Å². The number of carbonyl (C=O) groups excluding carboxylic acids is 4. The number of imide groups is 1. The van der Waals surface area contributed by atoms with Crippen LogP contribution < -0.4 is 19.3 Å². The summed E-state index contributed by atoms with van der Waals surface area (Å²) in [5.41, 5.74) is 3.45. The normalized spacial score (nSPS) is 26.3. The minimum atomic E-state index is -0.842. The first kappa shape index (κ1) is 29.0. The van der Waals surface area contributed by atoms with E-state index in [2.05, 4.69) is 4.90 Å². The SMILES string of the molecule is COc1cc(O)c(C2C3=CCC4C(=O)N(c5ccc(N6CCOCC6)cc5)C(=O)C4C3CC3=C2C(=O)C(C)=CC3=O)c(OC)c1. The molecule has 45 heavy (non-hydrogen) atoms. The number of benzene rings is 2. The van der Waals surface area contributed by atoms with Crippen molar-refractivity contribution in [3.05, 3.63) is 76.4 Å². The molecule has 7 rings (SSSR count). The number of rotatable bonds is 5. The lowest BCUT2D eigenvalue weighted by atomic mass is 9.59. The van der Waals surface area contributed by atoms with Gasteiger partial charge >= 0.3 is 0 Å². The second-order valence-electron chi connectivity index (χ2n) is 12.1. The molecule has 1 N–H and O–H groups in total. The Morgan fingerprint density at radius 2 is 1.62 bits per heavy atom. The van der Waals surface area contributed by atoms with Crippen molar-refractivity contribution in [3.8, 4) is 17.2 Å². The highest BCUT2D eigenvalue weighted by Crippen LogP contribution is 2.58. The van der Waals surface area contributed by atoms with Crippen molar-refractivity contribution in [2.24, 2.45) is 17.8 Å². The molecule has 2 aliphatic heterocycles. The molecule has 0 saturated carbocycles. The molecule has 2 saturated heterocycles. The predicted molar refractivity (Wildman–Crippen MR) is 165 cm³/mol. The monoisotopic (exact) mass is 610 g/mol. The second-order valence-corrected chi connectivity index (χ2v) is 12.1. The van der Waals surface area contributed by atoms with E-state index in [1.807, 2.05) is 18.2 Å². The van der Waals surface area contributed by atoms with Crippen molar-refractivity contribution in [1.29, 1.82) is 0 Å². The van der Waals surface area contributed by atoms with E-state index in [9.17, 15) is 24.3 Å². The summed E-state index contributed by atoms with van der Waals surface area (Å²) in [6.45, 7) is 4.43. The zero-order valence-electron chi connectivity index (χ0n) is 25.4. The van der Waals surface area contributed by atoms with Crippen molar-refractivity contribution in [2.45, 2.75) is 25.7 Å². The van der Waals surface area contributed by atoms with E-state index < -0.39 is 23.7 Å². The van der Waals surface area contributed by atoms with Gasteiger partial charge in [-0.25, -0.2) is 0 Å². The average Bonchev–Trinajstić information content (AvgIpc) is 3.32. The molecular formula is C35H34N2O8. The quantitative estimate of drug-likeness (QED) is 0.305. The van der Waals surface area contributed by atoms with Gasteiger partial charge in [-0.05, 0) is 56.0 Å². The number of allylic oxidation sites excluding steroid dienone is 6. The van der Waals surface area contributed by atoms with Crippen LogP contribution in [0.3, 0.4) is 0 Å². The average molecular weight is 611 g/mol. The smallest absolute Gasteiger partial charge is 0.238 e. The van der Waals surface area contributed by atoms with Crippen LogP contribution in [0.2, 0.25) is 0 Å². The third-order valence-corrected chi connectivity index (χ3v) is 9.89. The Labute approximate surface area is 260 Å². The Morgan fingerprint density at radius 1 is 0.911 bits per heavy atom. The molecule has 4 atom stereocenters. The third kappa shape index (κ3) is 4.49. The maximum Gasteiger partial charge on any atom is 0.238 e. The van der Waals surface area contributed by atoms with Crippen LogP contribution in [0.1, 0.15) is 31.2 Å². The van der Waals surface area contributed by atoms with E-state index >= 15 is 0 Å². The van der Waals surface area contributed by atoms with Crippen LogP contribution >= 0.6 is 0 Å². The number of Topliss-reactive ketones (excluding diaryl/α,β-unsaturated/α-hetero) is 1. The van der Waals surface area contributed by atoms with Crippen LogP contribution in [0.5, 0.6) is 17.2 Å². The zero-order valence-corrected chi connectivity index (χ0v) is 25.4. The van der Waals surface area contributed by atoms with Gasteiger partial charge in [-0.15, -0.1) is 0 Å². The highest BCUT2D eigenvalue weighted by atomic mass is 16.5. The fourth-order valence-corrected chi connectivity index (χ4v) is 7.75. The van der Waals surface area contributed by atoms with E-state index in [-0.39, 0.29) is 46.9 Å². The largest absolute Gasteiger partial charge is 0.507 e. The minimum absolute atomic E-state index is 0.148. The number of fused-ring (bicyclic) bond motifs is 3. The zero-order chi connectivity index (χ0) is 31.6. The van der Waals surface area contributed by atoms with Gasteiger partial charge in [0.1, 0.15) is 17.2 Å². The maximum absolute atomic E-state index is 14.2. The van der Waals surface area contributed by atoms with Gasteiger partial charge in [-0.3, -0.25) is 24.1 Å². The first-order chi connectivity index (χ1) is 21.7. The molecular weight excluding hydrogens is 576 g/mol. The molecule has 0 spiro atoms. The lowest BCUT2D eigenvalue weighted by molar-refractivity contribution is -0.123. The topological polar surface area (TPSA) is 123 Å². The Morgan fingerprint density at radius 3 is 2.31 bits per heavy atom. The van der Waals surface area contributed by atoms with Gasteiger partial charge in [-0.1, -0.05) is 11.6 Å². The van der Waals surface area contributed by atoms with Gasteiger partial charge in [0, 0.05) is 59.1 Å². The second kappa shape index (κ2) is 11.0.